The molecule has 0 radical (unpaired) electrons. The molecule has 3 heterocycles. The van der Waals surface area contributed by atoms with E-state index < -0.39 is 6.10 Å². The molecule has 1 saturated carbocycles. The normalized spacial score (nSPS) is 25.9. The van der Waals surface area contributed by atoms with Crippen molar-refractivity contribution in [1.82, 2.24) is 25.2 Å². The van der Waals surface area contributed by atoms with Gasteiger partial charge in [-0.1, -0.05) is 5.21 Å². The van der Waals surface area contributed by atoms with Crippen molar-refractivity contribution in [2.45, 2.75) is 31.9 Å². The van der Waals surface area contributed by atoms with Gasteiger partial charge in [-0.25, -0.2) is 4.68 Å². The average molecular weight is 406 g/mol. The number of aryl methyl sites for hydroxylation is 1. The SMILES string of the molecule is COc1ccc(-c2cn([C@@H]3C[C@@H]4CN(c5ccc(C)nn5)C[C@@H]4C[C@H]3O)nn2)cc1. The van der Waals surface area contributed by atoms with Crippen LogP contribution in [0, 0.1) is 18.8 Å². The van der Waals surface area contributed by atoms with Crippen LogP contribution in [0.1, 0.15) is 24.6 Å². The summed E-state index contributed by atoms with van der Waals surface area (Å²) in [5.41, 5.74) is 2.70. The van der Waals surface area contributed by atoms with Crippen LogP contribution in [-0.2, 0) is 0 Å². The number of aliphatic hydroxyl groups excluding tert-OH is 1. The number of ether oxygens (including phenoxy) is 1. The van der Waals surface area contributed by atoms with Crippen LogP contribution in [0.2, 0.25) is 0 Å². The fourth-order valence-electron chi connectivity index (χ4n) is 4.77. The monoisotopic (exact) mass is 406 g/mol. The lowest BCUT2D eigenvalue weighted by Crippen LogP contribution is -2.36. The van der Waals surface area contributed by atoms with E-state index in [0.29, 0.717) is 11.8 Å². The van der Waals surface area contributed by atoms with E-state index in [1.165, 1.54) is 0 Å². The third-order valence-electron chi connectivity index (χ3n) is 6.45. The molecule has 8 nitrogen and oxygen atoms in total. The maximum atomic E-state index is 10.9. The second-order valence-electron chi connectivity index (χ2n) is 8.38. The fraction of sp³-hybridized carbons (Fsp3) is 0.455. The first-order valence-corrected chi connectivity index (χ1v) is 10.4. The number of nitrogens with zero attached hydrogens (tertiary/aromatic N) is 6. The van der Waals surface area contributed by atoms with Crippen molar-refractivity contribution in [2.24, 2.45) is 11.8 Å². The van der Waals surface area contributed by atoms with Crippen LogP contribution in [0.3, 0.4) is 0 Å². The number of rotatable bonds is 4. The molecule has 3 aromatic rings. The third-order valence-corrected chi connectivity index (χ3v) is 6.45. The van der Waals surface area contributed by atoms with Gasteiger partial charge in [0.1, 0.15) is 11.4 Å². The van der Waals surface area contributed by atoms with E-state index in [-0.39, 0.29) is 6.04 Å². The van der Waals surface area contributed by atoms with Gasteiger partial charge >= 0.3 is 0 Å². The Hall–Kier alpha value is -3.00. The van der Waals surface area contributed by atoms with Gasteiger partial charge in [0.25, 0.3) is 0 Å². The molecule has 4 atom stereocenters. The smallest absolute Gasteiger partial charge is 0.151 e. The third kappa shape index (κ3) is 3.52. The highest BCUT2D eigenvalue weighted by atomic mass is 16.5. The Bertz CT molecular complexity index is 1000. The van der Waals surface area contributed by atoms with Gasteiger partial charge in [-0.2, -0.15) is 5.10 Å². The molecule has 1 aromatic carbocycles. The molecule has 1 aliphatic heterocycles. The molecule has 2 aliphatic rings. The lowest BCUT2D eigenvalue weighted by atomic mass is 9.77. The molecule has 30 heavy (non-hydrogen) atoms. The molecular weight excluding hydrogens is 380 g/mol. The number of anilines is 1. The van der Waals surface area contributed by atoms with Crippen molar-refractivity contribution in [3.05, 3.63) is 48.3 Å². The zero-order chi connectivity index (χ0) is 20.7. The van der Waals surface area contributed by atoms with E-state index in [1.807, 2.05) is 54.2 Å². The Morgan fingerprint density at radius 1 is 0.967 bits per heavy atom. The van der Waals surface area contributed by atoms with Crippen LogP contribution in [0.25, 0.3) is 11.3 Å². The van der Waals surface area contributed by atoms with Gasteiger partial charge in [0.15, 0.2) is 5.82 Å². The molecule has 0 spiro atoms. The summed E-state index contributed by atoms with van der Waals surface area (Å²) in [5, 5.41) is 28.1. The molecule has 1 N–H and O–H groups in total. The molecule has 2 aromatic heterocycles. The van der Waals surface area contributed by atoms with Crippen molar-refractivity contribution in [2.75, 3.05) is 25.1 Å². The summed E-state index contributed by atoms with van der Waals surface area (Å²) in [6.45, 7) is 3.80. The summed E-state index contributed by atoms with van der Waals surface area (Å²) < 4.78 is 7.06. The standard InChI is InChI=1S/C22H26N6O2/c1-14-3-8-22(25-23-14)27-11-16-9-20(21(29)10-17(16)12-27)28-13-19(24-26-28)15-4-6-18(30-2)7-5-15/h3-8,13,16-17,20-21,29H,9-12H2,1-2H3/t16-,17+,20-,21-/m1/s1. The van der Waals surface area contributed by atoms with Crippen LogP contribution >= 0.6 is 0 Å². The van der Waals surface area contributed by atoms with E-state index >= 15 is 0 Å². The van der Waals surface area contributed by atoms with Crippen LogP contribution in [-0.4, -0.2) is 56.6 Å². The van der Waals surface area contributed by atoms with Crippen LogP contribution in [0.4, 0.5) is 5.82 Å². The minimum Gasteiger partial charge on any atom is -0.497 e. The van der Waals surface area contributed by atoms with Gasteiger partial charge < -0.3 is 14.7 Å². The Morgan fingerprint density at radius 3 is 2.43 bits per heavy atom. The molecule has 5 rings (SSSR count). The van der Waals surface area contributed by atoms with Crippen LogP contribution in [0.5, 0.6) is 5.75 Å². The number of methoxy groups -OCH3 is 1. The highest BCUT2D eigenvalue weighted by Crippen LogP contribution is 2.42. The number of hydrogen-bond acceptors (Lipinski definition) is 7. The number of aliphatic hydroxyl groups is 1. The minimum atomic E-state index is -0.430. The minimum absolute atomic E-state index is 0.0604. The molecule has 8 heteroatoms. The lowest BCUT2D eigenvalue weighted by Gasteiger charge is -2.34. The Morgan fingerprint density at radius 2 is 1.73 bits per heavy atom. The molecule has 0 bridgehead atoms. The van der Waals surface area contributed by atoms with Crippen molar-refractivity contribution < 1.29 is 9.84 Å². The van der Waals surface area contributed by atoms with Crippen LogP contribution in [0.15, 0.2) is 42.6 Å². The molecule has 1 saturated heterocycles. The van der Waals surface area contributed by atoms with Gasteiger partial charge in [-0.3, -0.25) is 0 Å². The van der Waals surface area contributed by atoms with Gasteiger partial charge in [-0.15, -0.1) is 10.2 Å². The van der Waals surface area contributed by atoms with Gasteiger partial charge in [-0.05, 0) is 68.0 Å². The molecule has 0 amide bonds. The topological polar surface area (TPSA) is 89.2 Å². The predicted molar refractivity (Wildman–Crippen MR) is 112 cm³/mol. The molecule has 156 valence electrons. The number of aromatic nitrogens is 5. The zero-order valence-electron chi connectivity index (χ0n) is 17.2. The maximum absolute atomic E-state index is 10.9. The molecular formula is C22H26N6O2. The van der Waals surface area contributed by atoms with Gasteiger partial charge in [0, 0.05) is 18.7 Å². The summed E-state index contributed by atoms with van der Waals surface area (Å²) >= 11 is 0. The van der Waals surface area contributed by atoms with Crippen molar-refractivity contribution in [3.8, 4) is 17.0 Å². The fourth-order valence-corrected chi connectivity index (χ4v) is 4.77. The lowest BCUT2D eigenvalue weighted by molar-refractivity contribution is 0.0299. The Kier molecular flexibility index (Phi) is 4.86. The largest absolute Gasteiger partial charge is 0.497 e. The summed E-state index contributed by atoms with van der Waals surface area (Å²) in [4.78, 5) is 2.29. The van der Waals surface area contributed by atoms with Crippen molar-refractivity contribution in [3.63, 3.8) is 0 Å². The summed E-state index contributed by atoms with van der Waals surface area (Å²) in [6.07, 6.45) is 3.16. The van der Waals surface area contributed by atoms with E-state index in [1.54, 1.807) is 7.11 Å². The highest BCUT2D eigenvalue weighted by Gasteiger charge is 2.43. The predicted octanol–water partition coefficient (Wildman–Crippen LogP) is 2.50. The molecule has 0 unspecified atom stereocenters. The van der Waals surface area contributed by atoms with E-state index in [4.69, 9.17) is 4.74 Å². The van der Waals surface area contributed by atoms with Crippen molar-refractivity contribution in [1.29, 1.82) is 0 Å². The van der Waals surface area contributed by atoms with E-state index in [9.17, 15) is 5.11 Å². The maximum Gasteiger partial charge on any atom is 0.151 e. The quantitative estimate of drug-likeness (QED) is 0.712. The summed E-state index contributed by atoms with van der Waals surface area (Å²) in [7, 11) is 1.65. The number of hydrogen-bond donors (Lipinski definition) is 1. The Balaban J connectivity index is 1.31. The summed E-state index contributed by atoms with van der Waals surface area (Å²) in [5.74, 6) is 2.69. The zero-order valence-corrected chi connectivity index (χ0v) is 17.2. The van der Waals surface area contributed by atoms with E-state index in [0.717, 1.165) is 54.4 Å². The highest BCUT2D eigenvalue weighted by molar-refractivity contribution is 5.58. The van der Waals surface area contributed by atoms with Crippen molar-refractivity contribution >= 4 is 5.82 Å². The first kappa shape index (κ1) is 19.0. The number of benzene rings is 1. The second kappa shape index (κ2) is 7.68. The molecule has 1 aliphatic carbocycles. The van der Waals surface area contributed by atoms with Crippen LogP contribution < -0.4 is 9.64 Å². The second-order valence-corrected chi connectivity index (χ2v) is 8.38. The van der Waals surface area contributed by atoms with Gasteiger partial charge in [0.2, 0.25) is 0 Å². The summed E-state index contributed by atoms with van der Waals surface area (Å²) in [6, 6.07) is 11.7. The average Bonchev–Trinajstić information content (AvgIpc) is 3.41. The number of fused-ring (bicyclic) bond motifs is 1. The van der Waals surface area contributed by atoms with Gasteiger partial charge in [0.05, 0.1) is 31.1 Å². The molecule has 2 fully saturated rings. The van der Waals surface area contributed by atoms with E-state index in [2.05, 4.69) is 25.4 Å². The first-order valence-electron chi connectivity index (χ1n) is 10.4. The first-order chi connectivity index (χ1) is 14.6. The Labute approximate surface area is 175 Å².